The molecule has 1 atom stereocenters. The van der Waals surface area contributed by atoms with Crippen molar-refractivity contribution in [3.63, 3.8) is 0 Å². The number of aromatic nitrogens is 7. The molecule has 2 aromatic carbocycles. The minimum atomic E-state index is -0.0650. The lowest BCUT2D eigenvalue weighted by atomic mass is 10.2. The number of rotatable bonds is 6. The van der Waals surface area contributed by atoms with Crippen LogP contribution in [0, 0.1) is 6.92 Å². The van der Waals surface area contributed by atoms with Crippen molar-refractivity contribution in [3.8, 4) is 11.5 Å². The number of aryl methyl sites for hydroxylation is 2. The number of fused-ring (bicyclic) bond motifs is 2. The molecule has 12 heteroatoms. The van der Waals surface area contributed by atoms with Crippen LogP contribution in [0.4, 0.5) is 17.5 Å². The number of ether oxygens (including phenoxy) is 1. The van der Waals surface area contributed by atoms with Gasteiger partial charge in [0.25, 0.3) is 0 Å². The number of hydrogen-bond acceptors (Lipinski definition) is 10. The molecule has 3 aromatic heterocycles. The van der Waals surface area contributed by atoms with Gasteiger partial charge >= 0.3 is 0 Å². The molecule has 40 heavy (non-hydrogen) atoms. The molecule has 1 fully saturated rings. The van der Waals surface area contributed by atoms with Crippen molar-refractivity contribution >= 4 is 45.4 Å². The van der Waals surface area contributed by atoms with Gasteiger partial charge in [-0.15, -0.1) is 5.10 Å². The van der Waals surface area contributed by atoms with Crippen molar-refractivity contribution in [1.29, 1.82) is 0 Å². The van der Waals surface area contributed by atoms with Crippen molar-refractivity contribution in [2.24, 2.45) is 7.05 Å². The van der Waals surface area contributed by atoms with Gasteiger partial charge in [0.2, 0.25) is 11.9 Å². The maximum Gasteiger partial charge on any atom is 0.246 e. The fourth-order valence-corrected chi connectivity index (χ4v) is 4.86. The summed E-state index contributed by atoms with van der Waals surface area (Å²) in [6, 6.07) is 11.5. The molecule has 6 rings (SSSR count). The number of nitrogens with zero attached hydrogens (tertiary/aromatic N) is 9. The molecule has 1 aliphatic heterocycles. The molecule has 4 heterocycles. The van der Waals surface area contributed by atoms with Gasteiger partial charge in [0.1, 0.15) is 34.4 Å². The van der Waals surface area contributed by atoms with Crippen LogP contribution in [0.2, 0.25) is 0 Å². The quantitative estimate of drug-likeness (QED) is 0.320. The topological polar surface area (TPSA) is 127 Å². The van der Waals surface area contributed by atoms with E-state index in [9.17, 15) is 4.79 Å². The fraction of sp³-hybridized carbons (Fsp3) is 0.250. The van der Waals surface area contributed by atoms with Crippen LogP contribution >= 0.6 is 0 Å². The van der Waals surface area contributed by atoms with E-state index in [1.54, 1.807) is 10.9 Å². The average Bonchev–Trinajstić information content (AvgIpc) is 3.33. The molecule has 0 unspecified atom stereocenters. The number of carbonyl (C=O) groups is 1. The highest BCUT2D eigenvalue weighted by atomic mass is 16.5. The minimum Gasteiger partial charge on any atom is -0.457 e. The number of amides is 1. The largest absolute Gasteiger partial charge is 0.457 e. The first-order valence-electron chi connectivity index (χ1n) is 12.9. The predicted molar refractivity (Wildman–Crippen MR) is 152 cm³/mol. The monoisotopic (exact) mass is 536 g/mol. The summed E-state index contributed by atoms with van der Waals surface area (Å²) in [5, 5.41) is 11.6. The highest BCUT2D eigenvalue weighted by Gasteiger charge is 2.27. The van der Waals surface area contributed by atoms with Crippen LogP contribution in [0.5, 0.6) is 11.5 Å². The first kappa shape index (κ1) is 25.2. The normalized spacial score (nSPS) is 15.4. The van der Waals surface area contributed by atoms with Crippen molar-refractivity contribution < 1.29 is 9.53 Å². The van der Waals surface area contributed by atoms with E-state index >= 15 is 0 Å². The smallest absolute Gasteiger partial charge is 0.246 e. The molecule has 1 amide bonds. The summed E-state index contributed by atoms with van der Waals surface area (Å²) in [5.41, 5.74) is 4.73. The molecule has 1 saturated heterocycles. The summed E-state index contributed by atoms with van der Waals surface area (Å²) < 4.78 is 7.86. The summed E-state index contributed by atoms with van der Waals surface area (Å²) in [4.78, 5) is 34.1. The maximum absolute atomic E-state index is 12.1. The highest BCUT2D eigenvalue weighted by Crippen LogP contribution is 2.31. The molecule has 5 aromatic rings. The SMILES string of the molecule is C=CC(=O)N1CCN(c2ncc3ncnc(Nc4ccc(Oc5ccc6c(c5)nnn6C)c(C)c4)c3n2)C[C@H]1C. The van der Waals surface area contributed by atoms with Crippen molar-refractivity contribution in [3.05, 3.63) is 67.1 Å². The number of benzene rings is 2. The lowest BCUT2D eigenvalue weighted by Gasteiger charge is -2.39. The van der Waals surface area contributed by atoms with Gasteiger partial charge in [-0.05, 0) is 55.8 Å². The van der Waals surface area contributed by atoms with Crippen LogP contribution in [0.1, 0.15) is 12.5 Å². The summed E-state index contributed by atoms with van der Waals surface area (Å²) in [7, 11) is 1.86. The zero-order valence-electron chi connectivity index (χ0n) is 22.4. The second-order valence-corrected chi connectivity index (χ2v) is 9.73. The summed E-state index contributed by atoms with van der Waals surface area (Å²) in [6.07, 6.45) is 4.54. The number of hydrogen-bond donors (Lipinski definition) is 1. The van der Waals surface area contributed by atoms with Crippen LogP contribution < -0.4 is 15.0 Å². The summed E-state index contributed by atoms with van der Waals surface area (Å²) in [5.74, 6) is 2.50. The molecule has 0 aliphatic carbocycles. The number of nitrogens with one attached hydrogen (secondary N) is 1. The van der Waals surface area contributed by atoms with Crippen molar-refractivity contribution in [2.45, 2.75) is 19.9 Å². The third kappa shape index (κ3) is 4.75. The zero-order chi connectivity index (χ0) is 27.8. The number of carbonyl (C=O) groups excluding carboxylic acids is 1. The Hall–Kier alpha value is -5.13. The summed E-state index contributed by atoms with van der Waals surface area (Å²) >= 11 is 0. The van der Waals surface area contributed by atoms with Gasteiger partial charge in [-0.3, -0.25) is 4.79 Å². The Morgan fingerprint density at radius 1 is 1.12 bits per heavy atom. The van der Waals surface area contributed by atoms with Crippen molar-refractivity contribution in [1.82, 2.24) is 39.8 Å². The molecular weight excluding hydrogens is 508 g/mol. The first-order chi connectivity index (χ1) is 19.4. The Labute approximate surface area is 230 Å². The van der Waals surface area contributed by atoms with Crippen molar-refractivity contribution in [2.75, 3.05) is 29.9 Å². The molecule has 0 bridgehead atoms. The lowest BCUT2D eigenvalue weighted by molar-refractivity contribution is -0.128. The molecule has 0 saturated carbocycles. The molecule has 12 nitrogen and oxygen atoms in total. The maximum atomic E-state index is 12.1. The van der Waals surface area contributed by atoms with Crippen LogP contribution in [0.25, 0.3) is 22.1 Å². The standard InChI is InChI=1S/C28H28N10O2/c1-5-25(39)38-11-10-37(15-18(38)3)28-29-14-22-26(33-28)27(31-16-30-22)32-19-6-9-24(17(2)12-19)40-20-7-8-23-21(13-20)34-35-36(23)4/h5-9,12-14,16,18H,1,10-11,15H2,2-4H3,(H,30,31,32)/t18-/m1/s1. The average molecular weight is 537 g/mol. The predicted octanol–water partition coefficient (Wildman–Crippen LogP) is 3.77. The van der Waals surface area contributed by atoms with Gasteiger partial charge in [0.05, 0.1) is 11.7 Å². The Kier molecular flexibility index (Phi) is 6.42. The first-order valence-corrected chi connectivity index (χ1v) is 12.9. The molecule has 202 valence electrons. The zero-order valence-corrected chi connectivity index (χ0v) is 22.4. The van der Waals surface area contributed by atoms with Gasteiger partial charge in [-0.25, -0.2) is 24.6 Å². The van der Waals surface area contributed by atoms with Crippen LogP contribution in [0.15, 0.2) is 61.6 Å². The second kappa shape index (κ2) is 10.2. The third-order valence-electron chi connectivity index (χ3n) is 6.98. The van der Waals surface area contributed by atoms with E-state index in [0.717, 1.165) is 28.0 Å². The van der Waals surface area contributed by atoms with Crippen LogP contribution in [-0.4, -0.2) is 71.4 Å². The highest BCUT2D eigenvalue weighted by molar-refractivity contribution is 5.88. The van der Waals surface area contributed by atoms with Crippen LogP contribution in [-0.2, 0) is 11.8 Å². The summed E-state index contributed by atoms with van der Waals surface area (Å²) in [6.45, 7) is 9.41. The molecule has 0 radical (unpaired) electrons. The molecule has 1 N–H and O–H groups in total. The Morgan fingerprint density at radius 2 is 2.00 bits per heavy atom. The molecule has 1 aliphatic rings. The van der Waals surface area contributed by atoms with Gasteiger partial charge < -0.3 is 19.9 Å². The van der Waals surface area contributed by atoms with E-state index in [2.05, 4.69) is 42.1 Å². The molecular formula is C28H28N10O2. The number of anilines is 3. The van der Waals surface area contributed by atoms with E-state index < -0.39 is 0 Å². The van der Waals surface area contributed by atoms with E-state index in [1.807, 2.05) is 62.2 Å². The van der Waals surface area contributed by atoms with Gasteiger partial charge in [-0.2, -0.15) is 0 Å². The van der Waals surface area contributed by atoms with Gasteiger partial charge in [0.15, 0.2) is 5.82 Å². The van der Waals surface area contributed by atoms with E-state index in [-0.39, 0.29) is 11.9 Å². The third-order valence-corrected chi connectivity index (χ3v) is 6.98. The van der Waals surface area contributed by atoms with E-state index in [1.165, 1.54) is 12.4 Å². The van der Waals surface area contributed by atoms with Crippen LogP contribution in [0.3, 0.4) is 0 Å². The van der Waals surface area contributed by atoms with Gasteiger partial charge in [-0.1, -0.05) is 11.8 Å². The Morgan fingerprint density at radius 3 is 2.80 bits per heavy atom. The Balaban J connectivity index is 1.21. The number of piperazine rings is 1. The van der Waals surface area contributed by atoms with E-state index in [4.69, 9.17) is 9.72 Å². The van der Waals surface area contributed by atoms with E-state index in [0.29, 0.717) is 48.2 Å². The second-order valence-electron chi connectivity index (χ2n) is 9.73. The molecule has 0 spiro atoms. The van der Waals surface area contributed by atoms with Gasteiger partial charge in [0, 0.05) is 44.5 Å². The Bertz CT molecular complexity index is 1750. The minimum absolute atomic E-state index is 0.00871. The lowest BCUT2D eigenvalue weighted by Crippen LogP contribution is -2.54. The fourth-order valence-electron chi connectivity index (χ4n) is 4.86.